The summed E-state index contributed by atoms with van der Waals surface area (Å²) in [6.45, 7) is 0. The molecule has 0 saturated carbocycles. The lowest BCUT2D eigenvalue weighted by atomic mass is 10.1. The molecule has 0 saturated heterocycles. The van der Waals surface area contributed by atoms with Gasteiger partial charge in [-0.1, -0.05) is 36.4 Å². The molecule has 0 heterocycles. The highest BCUT2D eigenvalue weighted by atomic mass is 16.1. The molecule has 1 aromatic rings. The molecule has 0 fully saturated rings. The Morgan fingerprint density at radius 1 is 1.29 bits per heavy atom. The Bertz CT molecular complexity index is 422. The third-order valence-corrected chi connectivity index (χ3v) is 2.25. The quantitative estimate of drug-likeness (QED) is 0.790. The summed E-state index contributed by atoms with van der Waals surface area (Å²) in [5.74, 6) is -0.362. The van der Waals surface area contributed by atoms with E-state index in [1.54, 1.807) is 13.1 Å². The molecule has 17 heavy (non-hydrogen) atoms. The summed E-state index contributed by atoms with van der Waals surface area (Å²) < 4.78 is 0. The van der Waals surface area contributed by atoms with Crippen molar-refractivity contribution in [1.82, 2.24) is 5.32 Å². The number of amides is 2. The normalized spacial score (nSPS) is 10.4. The Kier molecular flexibility index (Phi) is 4.94. The van der Waals surface area contributed by atoms with Crippen LogP contribution in [0.3, 0.4) is 0 Å². The predicted molar refractivity (Wildman–Crippen MR) is 67.1 cm³/mol. The smallest absolute Gasteiger partial charge is 0.224 e. The molecule has 2 amide bonds. The van der Waals surface area contributed by atoms with Crippen molar-refractivity contribution in [3.05, 3.63) is 41.5 Å². The first-order chi connectivity index (χ1) is 8.11. The number of carbonyl (C=O) groups is 2. The first kappa shape index (κ1) is 13.0. The summed E-state index contributed by atoms with van der Waals surface area (Å²) in [7, 11) is 1.61. The largest absolute Gasteiger partial charge is 0.369 e. The Labute approximate surface area is 101 Å². The van der Waals surface area contributed by atoms with Crippen molar-refractivity contribution in [2.45, 2.75) is 12.8 Å². The molecule has 90 valence electrons. The fourth-order valence-electron chi connectivity index (χ4n) is 1.33. The van der Waals surface area contributed by atoms with Crippen molar-refractivity contribution in [3.63, 3.8) is 0 Å². The molecule has 0 aliphatic heterocycles. The molecule has 1 rings (SSSR count). The van der Waals surface area contributed by atoms with E-state index in [-0.39, 0.29) is 18.2 Å². The summed E-state index contributed by atoms with van der Waals surface area (Å²) >= 11 is 0. The number of likely N-dealkylation sites (N-methyl/N-ethyl adjacent to an activating group) is 1. The number of hydrogen-bond acceptors (Lipinski definition) is 2. The highest BCUT2D eigenvalue weighted by molar-refractivity contribution is 5.78. The molecule has 4 heteroatoms. The van der Waals surface area contributed by atoms with E-state index in [0.29, 0.717) is 6.42 Å². The van der Waals surface area contributed by atoms with Crippen LogP contribution in [-0.2, 0) is 16.0 Å². The molecular weight excluding hydrogens is 216 g/mol. The minimum absolute atomic E-state index is 0.0120. The minimum atomic E-state index is -0.350. The second-order valence-electron chi connectivity index (χ2n) is 3.66. The molecule has 0 bridgehead atoms. The van der Waals surface area contributed by atoms with Crippen molar-refractivity contribution < 1.29 is 9.59 Å². The number of rotatable bonds is 5. The van der Waals surface area contributed by atoms with Crippen molar-refractivity contribution in [2.24, 2.45) is 5.73 Å². The summed E-state index contributed by atoms with van der Waals surface area (Å²) in [6, 6.07) is 7.57. The second-order valence-corrected chi connectivity index (χ2v) is 3.66. The summed E-state index contributed by atoms with van der Waals surface area (Å²) in [5.41, 5.74) is 6.95. The van der Waals surface area contributed by atoms with Gasteiger partial charge in [-0.25, -0.2) is 0 Å². The molecule has 0 aliphatic rings. The van der Waals surface area contributed by atoms with E-state index < -0.39 is 0 Å². The maximum Gasteiger partial charge on any atom is 0.224 e. The van der Waals surface area contributed by atoms with Gasteiger partial charge in [-0.05, 0) is 11.1 Å². The van der Waals surface area contributed by atoms with E-state index in [9.17, 15) is 9.59 Å². The molecule has 0 unspecified atom stereocenters. The van der Waals surface area contributed by atoms with Gasteiger partial charge >= 0.3 is 0 Å². The Morgan fingerprint density at radius 2 is 1.94 bits per heavy atom. The van der Waals surface area contributed by atoms with E-state index in [2.05, 4.69) is 5.32 Å². The third kappa shape index (κ3) is 4.97. The standard InChI is InChI=1S/C13H16N2O2/c1-15-13(17)9-11-7-5-10(6-8-11)3-2-4-12(14)16/h2-3,5-8H,4,9H2,1H3,(H2,14,16)(H,15,17). The molecular formula is C13H16N2O2. The highest BCUT2D eigenvalue weighted by Crippen LogP contribution is 2.07. The minimum Gasteiger partial charge on any atom is -0.369 e. The zero-order chi connectivity index (χ0) is 12.7. The Morgan fingerprint density at radius 3 is 2.47 bits per heavy atom. The maximum absolute atomic E-state index is 11.1. The number of nitrogens with two attached hydrogens (primary N) is 1. The van der Waals surface area contributed by atoms with E-state index >= 15 is 0 Å². The fraction of sp³-hybridized carbons (Fsp3) is 0.231. The van der Waals surface area contributed by atoms with Gasteiger partial charge in [0.2, 0.25) is 11.8 Å². The zero-order valence-electron chi connectivity index (χ0n) is 9.77. The van der Waals surface area contributed by atoms with Gasteiger partial charge in [0, 0.05) is 13.5 Å². The predicted octanol–water partition coefficient (Wildman–Crippen LogP) is 0.864. The molecule has 0 aliphatic carbocycles. The van der Waals surface area contributed by atoms with Crippen LogP contribution >= 0.6 is 0 Å². The summed E-state index contributed by atoms with van der Waals surface area (Å²) in [6.07, 6.45) is 4.16. The average molecular weight is 232 g/mol. The van der Waals surface area contributed by atoms with Crippen LogP contribution in [0.2, 0.25) is 0 Å². The molecule has 0 aromatic heterocycles. The Balaban J connectivity index is 2.58. The number of nitrogens with one attached hydrogen (secondary N) is 1. The number of hydrogen-bond donors (Lipinski definition) is 2. The molecule has 3 N–H and O–H groups in total. The van der Waals surface area contributed by atoms with Crippen LogP contribution < -0.4 is 11.1 Å². The van der Waals surface area contributed by atoms with Crippen LogP contribution in [0.1, 0.15) is 17.5 Å². The van der Waals surface area contributed by atoms with E-state index in [4.69, 9.17) is 5.73 Å². The molecule has 0 radical (unpaired) electrons. The van der Waals surface area contributed by atoms with Gasteiger partial charge in [0.05, 0.1) is 6.42 Å². The van der Waals surface area contributed by atoms with Gasteiger partial charge < -0.3 is 11.1 Å². The Hall–Kier alpha value is -2.10. The monoisotopic (exact) mass is 232 g/mol. The third-order valence-electron chi connectivity index (χ3n) is 2.25. The molecule has 0 spiro atoms. The summed E-state index contributed by atoms with van der Waals surface area (Å²) in [4.78, 5) is 21.7. The van der Waals surface area contributed by atoms with Crippen LogP contribution in [0.25, 0.3) is 6.08 Å². The van der Waals surface area contributed by atoms with Crippen LogP contribution in [0.5, 0.6) is 0 Å². The van der Waals surface area contributed by atoms with E-state index in [0.717, 1.165) is 11.1 Å². The first-order valence-corrected chi connectivity index (χ1v) is 5.36. The lowest BCUT2D eigenvalue weighted by Gasteiger charge is -2.00. The van der Waals surface area contributed by atoms with Crippen LogP contribution in [0.4, 0.5) is 0 Å². The number of primary amides is 1. The van der Waals surface area contributed by atoms with Gasteiger partial charge in [-0.3, -0.25) is 9.59 Å². The fourth-order valence-corrected chi connectivity index (χ4v) is 1.33. The van der Waals surface area contributed by atoms with E-state index in [1.807, 2.05) is 30.3 Å². The molecule has 0 atom stereocenters. The van der Waals surface area contributed by atoms with Crippen molar-refractivity contribution >= 4 is 17.9 Å². The molecule has 4 nitrogen and oxygen atoms in total. The highest BCUT2D eigenvalue weighted by Gasteiger charge is 1.99. The number of carbonyl (C=O) groups excluding carboxylic acids is 2. The second kappa shape index (κ2) is 6.48. The van der Waals surface area contributed by atoms with Crippen LogP contribution in [0, 0.1) is 0 Å². The topological polar surface area (TPSA) is 72.2 Å². The number of benzene rings is 1. The van der Waals surface area contributed by atoms with E-state index in [1.165, 1.54) is 0 Å². The van der Waals surface area contributed by atoms with Gasteiger partial charge in [0.15, 0.2) is 0 Å². The lowest BCUT2D eigenvalue weighted by molar-refractivity contribution is -0.120. The zero-order valence-corrected chi connectivity index (χ0v) is 9.77. The SMILES string of the molecule is CNC(=O)Cc1ccc(C=CCC(N)=O)cc1. The van der Waals surface area contributed by atoms with Crippen LogP contribution in [0.15, 0.2) is 30.3 Å². The van der Waals surface area contributed by atoms with Gasteiger partial charge in [-0.2, -0.15) is 0 Å². The van der Waals surface area contributed by atoms with Crippen LogP contribution in [-0.4, -0.2) is 18.9 Å². The van der Waals surface area contributed by atoms with Gasteiger partial charge in [0.1, 0.15) is 0 Å². The van der Waals surface area contributed by atoms with Gasteiger partial charge in [0.25, 0.3) is 0 Å². The van der Waals surface area contributed by atoms with Crippen molar-refractivity contribution in [1.29, 1.82) is 0 Å². The lowest BCUT2D eigenvalue weighted by Crippen LogP contribution is -2.19. The van der Waals surface area contributed by atoms with Gasteiger partial charge in [-0.15, -0.1) is 0 Å². The average Bonchev–Trinajstić information content (AvgIpc) is 2.31. The first-order valence-electron chi connectivity index (χ1n) is 5.36. The van der Waals surface area contributed by atoms with Crippen molar-refractivity contribution in [3.8, 4) is 0 Å². The molecule has 1 aromatic carbocycles. The van der Waals surface area contributed by atoms with Crippen molar-refractivity contribution in [2.75, 3.05) is 7.05 Å². The summed E-state index contributed by atoms with van der Waals surface area (Å²) in [5, 5.41) is 2.57. The maximum atomic E-state index is 11.1.